The topological polar surface area (TPSA) is 21.3 Å². The highest BCUT2D eigenvalue weighted by atomic mass is 16.5. The van der Waals surface area contributed by atoms with E-state index >= 15 is 0 Å². The number of rotatable bonds is 9. The van der Waals surface area contributed by atoms with Gasteiger partial charge < -0.3 is 10.1 Å². The minimum Gasteiger partial charge on any atom is -0.489 e. The van der Waals surface area contributed by atoms with Gasteiger partial charge in [-0.2, -0.15) is 0 Å². The van der Waals surface area contributed by atoms with Crippen LogP contribution in [0.1, 0.15) is 23.1 Å². The molecular formula is C23H25NO. The first-order chi connectivity index (χ1) is 12.4. The van der Waals surface area contributed by atoms with E-state index in [-0.39, 0.29) is 0 Å². The molecule has 0 radical (unpaired) electrons. The molecule has 3 aromatic rings. The smallest absolute Gasteiger partial charge is 0.120 e. The molecule has 0 saturated carbocycles. The minimum atomic E-state index is 0.614. The Morgan fingerprint density at radius 3 is 2.12 bits per heavy atom. The van der Waals surface area contributed by atoms with Gasteiger partial charge in [-0.05, 0) is 48.2 Å². The highest BCUT2D eigenvalue weighted by Gasteiger charge is 1.99. The number of benzene rings is 3. The second kappa shape index (κ2) is 9.65. The molecule has 3 rings (SSSR count). The number of nitrogens with one attached hydrogen (secondary N) is 1. The van der Waals surface area contributed by atoms with Gasteiger partial charge in [-0.3, -0.25) is 0 Å². The van der Waals surface area contributed by atoms with Gasteiger partial charge in [-0.1, -0.05) is 72.8 Å². The first kappa shape index (κ1) is 17.2. The molecule has 0 amide bonds. The van der Waals surface area contributed by atoms with Gasteiger partial charge >= 0.3 is 0 Å². The Morgan fingerprint density at radius 2 is 1.36 bits per heavy atom. The molecule has 0 aliphatic heterocycles. The summed E-state index contributed by atoms with van der Waals surface area (Å²) in [5, 5.41) is 3.50. The molecule has 0 aliphatic rings. The van der Waals surface area contributed by atoms with Crippen LogP contribution < -0.4 is 10.1 Å². The lowest BCUT2D eigenvalue weighted by molar-refractivity contribution is 0.306. The molecule has 128 valence electrons. The van der Waals surface area contributed by atoms with Crippen LogP contribution in [0, 0.1) is 0 Å². The molecule has 0 spiro atoms. The van der Waals surface area contributed by atoms with Crippen LogP contribution in [0.3, 0.4) is 0 Å². The van der Waals surface area contributed by atoms with Gasteiger partial charge in [0.1, 0.15) is 12.4 Å². The highest BCUT2D eigenvalue weighted by molar-refractivity contribution is 5.29. The summed E-state index contributed by atoms with van der Waals surface area (Å²) in [4.78, 5) is 0. The Bertz CT molecular complexity index is 740. The third kappa shape index (κ3) is 6.09. The lowest BCUT2D eigenvalue weighted by Gasteiger charge is -2.09. The lowest BCUT2D eigenvalue weighted by Crippen LogP contribution is -2.15. The predicted octanol–water partition coefficient (Wildman–Crippen LogP) is 4.99. The summed E-state index contributed by atoms with van der Waals surface area (Å²) in [5.41, 5.74) is 3.85. The summed E-state index contributed by atoms with van der Waals surface area (Å²) in [6, 6.07) is 29.2. The van der Waals surface area contributed by atoms with Gasteiger partial charge in [0.25, 0.3) is 0 Å². The Balaban J connectivity index is 1.39. The van der Waals surface area contributed by atoms with Crippen molar-refractivity contribution in [1.29, 1.82) is 0 Å². The Morgan fingerprint density at radius 1 is 0.680 bits per heavy atom. The second-order valence-electron chi connectivity index (χ2n) is 6.19. The molecule has 0 saturated heterocycles. The summed E-state index contributed by atoms with van der Waals surface area (Å²) < 4.78 is 5.90. The average Bonchev–Trinajstić information content (AvgIpc) is 2.68. The van der Waals surface area contributed by atoms with Crippen LogP contribution in [0.5, 0.6) is 5.75 Å². The summed E-state index contributed by atoms with van der Waals surface area (Å²) in [5.74, 6) is 0.943. The standard InChI is InChI=1S/C23H25NO/c1-3-9-21(10-4-1)18-24-16-8-14-20-13-7-15-23(17-20)25-19-22-11-5-2-6-12-22/h1-7,9-13,15,17,24H,8,14,16,18-19H2. The van der Waals surface area contributed by atoms with Gasteiger partial charge in [0.2, 0.25) is 0 Å². The maximum Gasteiger partial charge on any atom is 0.120 e. The maximum absolute atomic E-state index is 5.90. The SMILES string of the molecule is c1ccc(CNCCCc2cccc(OCc3ccccc3)c2)cc1. The summed E-state index contributed by atoms with van der Waals surface area (Å²) >= 11 is 0. The molecule has 2 nitrogen and oxygen atoms in total. The van der Waals surface area contributed by atoms with E-state index in [2.05, 4.69) is 66.0 Å². The van der Waals surface area contributed by atoms with E-state index in [0.717, 1.165) is 31.7 Å². The molecule has 1 N–H and O–H groups in total. The zero-order valence-corrected chi connectivity index (χ0v) is 14.5. The van der Waals surface area contributed by atoms with Crippen LogP contribution in [0.2, 0.25) is 0 Å². The van der Waals surface area contributed by atoms with Crippen LogP contribution in [-0.4, -0.2) is 6.54 Å². The summed E-state index contributed by atoms with van der Waals surface area (Å²) in [6.07, 6.45) is 2.18. The third-order valence-electron chi connectivity index (χ3n) is 4.14. The van der Waals surface area contributed by atoms with Crippen molar-refractivity contribution in [3.05, 3.63) is 102 Å². The lowest BCUT2D eigenvalue weighted by atomic mass is 10.1. The monoisotopic (exact) mass is 331 g/mol. The van der Waals surface area contributed by atoms with Crippen LogP contribution in [0.25, 0.3) is 0 Å². The van der Waals surface area contributed by atoms with Crippen molar-refractivity contribution in [2.45, 2.75) is 26.0 Å². The number of aryl methyl sites for hydroxylation is 1. The van der Waals surface area contributed by atoms with Crippen molar-refractivity contribution in [2.75, 3.05) is 6.54 Å². The second-order valence-corrected chi connectivity index (χ2v) is 6.19. The van der Waals surface area contributed by atoms with Gasteiger partial charge in [-0.15, -0.1) is 0 Å². The van der Waals surface area contributed by atoms with E-state index in [1.807, 2.05) is 24.3 Å². The molecule has 0 fully saturated rings. The fourth-order valence-corrected chi connectivity index (χ4v) is 2.78. The van der Waals surface area contributed by atoms with Crippen molar-refractivity contribution in [2.24, 2.45) is 0 Å². The largest absolute Gasteiger partial charge is 0.489 e. The summed E-state index contributed by atoms with van der Waals surface area (Å²) in [7, 11) is 0. The van der Waals surface area contributed by atoms with Crippen molar-refractivity contribution in [3.63, 3.8) is 0 Å². The van der Waals surface area contributed by atoms with Crippen molar-refractivity contribution >= 4 is 0 Å². The van der Waals surface area contributed by atoms with E-state index in [0.29, 0.717) is 6.61 Å². The molecule has 0 bridgehead atoms. The third-order valence-corrected chi connectivity index (χ3v) is 4.14. The molecule has 0 atom stereocenters. The van der Waals surface area contributed by atoms with Crippen molar-refractivity contribution in [3.8, 4) is 5.75 Å². The van der Waals surface area contributed by atoms with E-state index in [4.69, 9.17) is 4.74 Å². The summed E-state index contributed by atoms with van der Waals surface area (Å²) in [6.45, 7) is 2.56. The van der Waals surface area contributed by atoms with Crippen LogP contribution >= 0.6 is 0 Å². The van der Waals surface area contributed by atoms with Gasteiger partial charge in [-0.25, -0.2) is 0 Å². The molecule has 0 aromatic heterocycles. The predicted molar refractivity (Wildman–Crippen MR) is 104 cm³/mol. The van der Waals surface area contributed by atoms with E-state index in [1.54, 1.807) is 0 Å². The fourth-order valence-electron chi connectivity index (χ4n) is 2.78. The number of hydrogen-bond acceptors (Lipinski definition) is 2. The highest BCUT2D eigenvalue weighted by Crippen LogP contribution is 2.16. The van der Waals surface area contributed by atoms with Crippen molar-refractivity contribution < 1.29 is 4.74 Å². The zero-order valence-electron chi connectivity index (χ0n) is 14.5. The first-order valence-corrected chi connectivity index (χ1v) is 8.90. The fraction of sp³-hybridized carbons (Fsp3) is 0.217. The van der Waals surface area contributed by atoms with E-state index < -0.39 is 0 Å². The molecule has 0 heterocycles. The van der Waals surface area contributed by atoms with E-state index in [9.17, 15) is 0 Å². The van der Waals surface area contributed by atoms with Crippen LogP contribution in [0.15, 0.2) is 84.9 Å². The Kier molecular flexibility index (Phi) is 6.66. The maximum atomic E-state index is 5.90. The van der Waals surface area contributed by atoms with Crippen molar-refractivity contribution in [1.82, 2.24) is 5.32 Å². The van der Waals surface area contributed by atoms with Gasteiger partial charge in [0.15, 0.2) is 0 Å². The molecular weight excluding hydrogens is 306 g/mol. The minimum absolute atomic E-state index is 0.614. The van der Waals surface area contributed by atoms with Crippen LogP contribution in [0.4, 0.5) is 0 Å². The number of hydrogen-bond donors (Lipinski definition) is 1. The van der Waals surface area contributed by atoms with Gasteiger partial charge in [0, 0.05) is 6.54 Å². The van der Waals surface area contributed by atoms with Gasteiger partial charge in [0.05, 0.1) is 0 Å². The number of ether oxygens (including phenoxy) is 1. The molecule has 0 aliphatic carbocycles. The molecule has 2 heteroatoms. The molecule has 3 aromatic carbocycles. The molecule has 0 unspecified atom stereocenters. The quantitative estimate of drug-likeness (QED) is 0.558. The zero-order chi connectivity index (χ0) is 17.2. The normalized spacial score (nSPS) is 10.6. The van der Waals surface area contributed by atoms with E-state index in [1.165, 1.54) is 16.7 Å². The Labute approximate surface area is 150 Å². The first-order valence-electron chi connectivity index (χ1n) is 8.90. The molecule has 25 heavy (non-hydrogen) atoms. The van der Waals surface area contributed by atoms with Crippen LogP contribution in [-0.2, 0) is 19.6 Å². The Hall–Kier alpha value is -2.58. The average molecular weight is 331 g/mol.